The van der Waals surface area contributed by atoms with E-state index in [0.717, 1.165) is 30.8 Å². The summed E-state index contributed by atoms with van der Waals surface area (Å²) in [6.07, 6.45) is 2.39. The first-order valence-electron chi connectivity index (χ1n) is 9.11. The third-order valence-corrected chi connectivity index (χ3v) is 5.73. The van der Waals surface area contributed by atoms with E-state index < -0.39 is 5.60 Å². The first kappa shape index (κ1) is 19.0. The molecule has 6 heteroatoms. The minimum absolute atomic E-state index is 0.0261. The van der Waals surface area contributed by atoms with Crippen molar-refractivity contribution in [1.82, 2.24) is 4.90 Å². The number of nitrogens with zero attached hydrogens (tertiary/aromatic N) is 1. The average Bonchev–Trinajstić information content (AvgIpc) is 2.67. The molecule has 2 heterocycles. The summed E-state index contributed by atoms with van der Waals surface area (Å²) >= 11 is 0. The van der Waals surface area contributed by atoms with E-state index in [1.807, 2.05) is 24.8 Å². The summed E-state index contributed by atoms with van der Waals surface area (Å²) in [6.45, 7) is 5.60. The summed E-state index contributed by atoms with van der Waals surface area (Å²) in [5, 5.41) is 0. The molecule has 0 bridgehead atoms. The van der Waals surface area contributed by atoms with Crippen LogP contribution in [0, 0.1) is 0 Å². The quantitative estimate of drug-likeness (QED) is 0.823. The Kier molecular flexibility index (Phi) is 5.17. The number of benzene rings is 1. The summed E-state index contributed by atoms with van der Waals surface area (Å²) in [4.78, 5) is 14.6. The number of hydrogen-bond acceptors (Lipinski definition) is 5. The zero-order chi connectivity index (χ0) is 18.9. The van der Waals surface area contributed by atoms with Crippen LogP contribution in [0.3, 0.4) is 0 Å². The van der Waals surface area contributed by atoms with Gasteiger partial charge in [-0.05, 0) is 56.4 Å². The van der Waals surface area contributed by atoms with Gasteiger partial charge < -0.3 is 23.8 Å². The lowest BCUT2D eigenvalue weighted by Crippen LogP contribution is -2.53. The van der Waals surface area contributed by atoms with Crippen molar-refractivity contribution in [3.8, 4) is 11.5 Å². The number of carbonyl (C=O) groups is 1. The second-order valence-corrected chi connectivity index (χ2v) is 7.46. The molecule has 0 saturated carbocycles. The fourth-order valence-electron chi connectivity index (χ4n) is 3.94. The molecule has 1 saturated heterocycles. The molecular weight excluding hydrogens is 334 g/mol. The lowest BCUT2D eigenvalue weighted by Gasteiger charge is -2.46. The van der Waals surface area contributed by atoms with E-state index >= 15 is 0 Å². The molecule has 1 amide bonds. The number of hydrogen-bond donors (Lipinski definition) is 0. The molecule has 6 nitrogen and oxygen atoms in total. The molecule has 0 aromatic heterocycles. The highest BCUT2D eigenvalue weighted by atomic mass is 16.5. The third kappa shape index (κ3) is 3.16. The van der Waals surface area contributed by atoms with Gasteiger partial charge in [-0.1, -0.05) is 0 Å². The summed E-state index contributed by atoms with van der Waals surface area (Å²) in [7, 11) is 4.87. The van der Waals surface area contributed by atoms with Crippen LogP contribution in [-0.4, -0.2) is 57.4 Å². The van der Waals surface area contributed by atoms with Crippen LogP contribution in [0.4, 0.5) is 0 Å². The predicted molar refractivity (Wildman–Crippen MR) is 97.8 cm³/mol. The second kappa shape index (κ2) is 7.08. The van der Waals surface area contributed by atoms with Crippen molar-refractivity contribution >= 4 is 5.91 Å². The molecule has 144 valence electrons. The van der Waals surface area contributed by atoms with E-state index in [4.69, 9.17) is 18.9 Å². The third-order valence-electron chi connectivity index (χ3n) is 5.73. The van der Waals surface area contributed by atoms with E-state index in [2.05, 4.69) is 6.07 Å². The Balaban J connectivity index is 1.85. The molecule has 0 unspecified atom stereocenters. The summed E-state index contributed by atoms with van der Waals surface area (Å²) in [6, 6.07) is 4.11. The fraction of sp³-hybridized carbons (Fsp3) is 0.650. The minimum atomic E-state index is -0.799. The number of ether oxygens (including phenoxy) is 4. The molecule has 1 fully saturated rings. The van der Waals surface area contributed by atoms with Gasteiger partial charge in [-0.2, -0.15) is 0 Å². The maximum Gasteiger partial charge on any atom is 0.254 e. The number of likely N-dealkylation sites (tertiary alicyclic amines) is 1. The summed E-state index contributed by atoms with van der Waals surface area (Å²) in [5.41, 5.74) is 1.25. The number of rotatable bonds is 4. The highest BCUT2D eigenvalue weighted by Crippen LogP contribution is 2.45. The van der Waals surface area contributed by atoms with Gasteiger partial charge in [0.1, 0.15) is 5.60 Å². The SMILES string of the molecule is COc1cc2c(cc1OC)C1(CCN(C(=O)C(C)(C)OC)CC1)OCC2. The Bertz CT molecular complexity index is 677. The van der Waals surface area contributed by atoms with Crippen LogP contribution in [0.15, 0.2) is 12.1 Å². The first-order valence-corrected chi connectivity index (χ1v) is 9.11. The lowest BCUT2D eigenvalue weighted by molar-refractivity contribution is -0.158. The predicted octanol–water partition coefficient (Wildman–Crippen LogP) is 2.52. The molecule has 2 aliphatic heterocycles. The van der Waals surface area contributed by atoms with E-state index in [1.165, 1.54) is 11.1 Å². The van der Waals surface area contributed by atoms with Gasteiger partial charge in [-0.25, -0.2) is 0 Å². The van der Waals surface area contributed by atoms with Gasteiger partial charge >= 0.3 is 0 Å². The van der Waals surface area contributed by atoms with Crippen LogP contribution in [0.25, 0.3) is 0 Å². The number of methoxy groups -OCH3 is 3. The Morgan fingerprint density at radius 2 is 1.73 bits per heavy atom. The van der Waals surface area contributed by atoms with Crippen LogP contribution < -0.4 is 9.47 Å². The Hall–Kier alpha value is -1.79. The minimum Gasteiger partial charge on any atom is -0.493 e. The van der Waals surface area contributed by atoms with Crippen molar-refractivity contribution in [3.63, 3.8) is 0 Å². The van der Waals surface area contributed by atoms with Crippen molar-refractivity contribution in [2.45, 2.75) is 44.3 Å². The molecule has 0 radical (unpaired) electrons. The lowest BCUT2D eigenvalue weighted by atomic mass is 9.79. The van der Waals surface area contributed by atoms with Gasteiger partial charge in [0.15, 0.2) is 11.5 Å². The Morgan fingerprint density at radius 3 is 2.31 bits per heavy atom. The van der Waals surface area contributed by atoms with Gasteiger partial charge in [0.25, 0.3) is 5.91 Å². The van der Waals surface area contributed by atoms with Crippen molar-refractivity contribution in [3.05, 3.63) is 23.3 Å². The fourth-order valence-corrected chi connectivity index (χ4v) is 3.94. The summed E-state index contributed by atoms with van der Waals surface area (Å²) in [5.74, 6) is 1.49. The first-order chi connectivity index (χ1) is 12.4. The topological polar surface area (TPSA) is 57.2 Å². The summed E-state index contributed by atoms with van der Waals surface area (Å²) < 4.78 is 22.6. The van der Waals surface area contributed by atoms with Crippen LogP contribution in [0.5, 0.6) is 11.5 Å². The highest BCUT2D eigenvalue weighted by molar-refractivity contribution is 5.84. The number of fused-ring (bicyclic) bond motifs is 2. The normalized spacial score (nSPS) is 19.2. The van der Waals surface area contributed by atoms with Gasteiger partial charge in [0.2, 0.25) is 0 Å². The van der Waals surface area contributed by atoms with Crippen molar-refractivity contribution in [1.29, 1.82) is 0 Å². The molecule has 0 aliphatic carbocycles. The molecule has 2 aliphatic rings. The Morgan fingerprint density at radius 1 is 1.12 bits per heavy atom. The standard InChI is InChI=1S/C20H29NO5/c1-19(2,25-5)18(22)21-9-7-20(8-10-21)15-13-17(24-4)16(23-3)12-14(15)6-11-26-20/h12-13H,6-11H2,1-5H3. The molecule has 0 atom stereocenters. The highest BCUT2D eigenvalue weighted by Gasteiger charge is 2.44. The maximum atomic E-state index is 12.7. The second-order valence-electron chi connectivity index (χ2n) is 7.46. The van der Waals surface area contributed by atoms with E-state index in [1.54, 1.807) is 21.3 Å². The van der Waals surface area contributed by atoms with Crippen molar-refractivity contribution in [2.75, 3.05) is 41.0 Å². The largest absolute Gasteiger partial charge is 0.493 e. The molecule has 1 aromatic rings. The molecule has 0 N–H and O–H groups in total. The van der Waals surface area contributed by atoms with Crippen LogP contribution >= 0.6 is 0 Å². The molecule has 1 aromatic carbocycles. The van der Waals surface area contributed by atoms with Crippen LogP contribution in [0.2, 0.25) is 0 Å². The van der Waals surface area contributed by atoms with Gasteiger partial charge in [0, 0.05) is 20.2 Å². The Labute approximate surface area is 155 Å². The van der Waals surface area contributed by atoms with Crippen LogP contribution in [0.1, 0.15) is 37.8 Å². The van der Waals surface area contributed by atoms with Crippen molar-refractivity contribution < 1.29 is 23.7 Å². The maximum absolute atomic E-state index is 12.7. The van der Waals surface area contributed by atoms with Gasteiger partial charge in [-0.15, -0.1) is 0 Å². The van der Waals surface area contributed by atoms with Crippen LogP contribution in [-0.2, 0) is 26.3 Å². The number of carbonyl (C=O) groups excluding carboxylic acids is 1. The molecular formula is C20H29NO5. The monoisotopic (exact) mass is 363 g/mol. The van der Waals surface area contributed by atoms with Gasteiger partial charge in [-0.3, -0.25) is 4.79 Å². The number of piperidine rings is 1. The smallest absolute Gasteiger partial charge is 0.254 e. The zero-order valence-electron chi connectivity index (χ0n) is 16.4. The molecule has 1 spiro atoms. The van der Waals surface area contributed by atoms with Gasteiger partial charge in [0.05, 0.1) is 26.4 Å². The molecule has 3 rings (SSSR count). The van der Waals surface area contributed by atoms with E-state index in [0.29, 0.717) is 19.7 Å². The molecule has 26 heavy (non-hydrogen) atoms. The number of amides is 1. The van der Waals surface area contributed by atoms with E-state index in [9.17, 15) is 4.79 Å². The van der Waals surface area contributed by atoms with Crippen molar-refractivity contribution in [2.24, 2.45) is 0 Å². The zero-order valence-corrected chi connectivity index (χ0v) is 16.4. The van der Waals surface area contributed by atoms with E-state index in [-0.39, 0.29) is 11.5 Å². The average molecular weight is 363 g/mol.